The second-order valence-corrected chi connectivity index (χ2v) is 9.98. The Kier molecular flexibility index (Phi) is 9.15. The van der Waals surface area contributed by atoms with Crippen LogP contribution in [0.4, 0.5) is 13.2 Å². The number of amides is 1. The first kappa shape index (κ1) is 29.9. The molecule has 226 valence electrons. The van der Waals surface area contributed by atoms with Gasteiger partial charge in [0.15, 0.2) is 0 Å². The highest BCUT2D eigenvalue weighted by molar-refractivity contribution is 5.89. The zero-order chi connectivity index (χ0) is 30.4. The highest BCUT2D eigenvalue weighted by atomic mass is 19.4. The molecule has 0 aliphatic carbocycles. The number of hydrogen-bond donors (Lipinski definition) is 1. The number of benzene rings is 3. The fraction of sp³-hybridized carbons (Fsp3) is 0.323. The van der Waals surface area contributed by atoms with Crippen molar-refractivity contribution < 1.29 is 41.4 Å². The third kappa shape index (κ3) is 7.63. The molecule has 1 aliphatic heterocycles. The Labute approximate surface area is 245 Å². The first-order valence-corrected chi connectivity index (χ1v) is 13.6. The Bertz CT molecular complexity index is 1530. The summed E-state index contributed by atoms with van der Waals surface area (Å²) in [4.78, 5) is 16.7. The summed E-state index contributed by atoms with van der Waals surface area (Å²) in [5.41, 5.74) is 0.743. The monoisotopic (exact) mass is 597 g/mol. The Morgan fingerprint density at radius 3 is 2.35 bits per heavy atom. The standard InChI is InChI=1S/C31H30F3N3O6/c1-19-15-22(16-26(31(32,33)34)27(19)41-18-21-5-7-23(39-2)8-6-21)28-36-30(43-37-28)29(38)35-17-20-3-9-24(10-4-20)42-25-11-13-40-14-12-25/h3-10,15-16,25H,11-14,17-18H2,1-2H3,(H,35,38). The molecule has 0 bridgehead atoms. The number of halogens is 3. The molecule has 0 saturated carbocycles. The van der Waals surface area contributed by atoms with E-state index in [1.165, 1.54) is 20.1 Å². The zero-order valence-electron chi connectivity index (χ0n) is 23.6. The molecule has 43 heavy (non-hydrogen) atoms. The summed E-state index contributed by atoms with van der Waals surface area (Å²) < 4.78 is 69.2. The molecule has 5 rings (SSSR count). The number of hydrogen-bond acceptors (Lipinski definition) is 8. The SMILES string of the molecule is COc1ccc(COc2c(C)cc(-c3noc(C(=O)NCc4ccc(OC5CCOCC5)cc4)n3)cc2C(F)(F)F)cc1. The smallest absolute Gasteiger partial charge is 0.419 e. The number of alkyl halides is 3. The first-order valence-electron chi connectivity index (χ1n) is 13.6. The van der Waals surface area contributed by atoms with E-state index in [1.54, 1.807) is 24.3 Å². The van der Waals surface area contributed by atoms with E-state index in [2.05, 4.69) is 15.5 Å². The van der Waals surface area contributed by atoms with E-state index in [9.17, 15) is 18.0 Å². The Morgan fingerprint density at radius 2 is 1.67 bits per heavy atom. The summed E-state index contributed by atoms with van der Waals surface area (Å²) in [6.07, 6.45) is -2.93. The summed E-state index contributed by atoms with van der Waals surface area (Å²) in [6.45, 7) is 2.95. The average Bonchev–Trinajstić information content (AvgIpc) is 3.51. The van der Waals surface area contributed by atoms with E-state index in [-0.39, 0.29) is 47.8 Å². The van der Waals surface area contributed by atoms with Crippen LogP contribution in [-0.2, 0) is 24.1 Å². The highest BCUT2D eigenvalue weighted by Crippen LogP contribution is 2.41. The predicted molar refractivity (Wildman–Crippen MR) is 149 cm³/mol. The molecule has 1 N–H and O–H groups in total. The molecule has 0 unspecified atom stereocenters. The van der Waals surface area contributed by atoms with Gasteiger partial charge in [-0.05, 0) is 60.0 Å². The van der Waals surface area contributed by atoms with Crippen molar-refractivity contribution in [3.63, 3.8) is 0 Å². The number of nitrogens with one attached hydrogen (secondary N) is 1. The van der Waals surface area contributed by atoms with E-state index in [4.69, 9.17) is 23.5 Å². The minimum Gasteiger partial charge on any atom is -0.497 e. The van der Waals surface area contributed by atoms with Crippen molar-refractivity contribution in [3.8, 4) is 28.6 Å². The number of aryl methyl sites for hydroxylation is 1. The van der Waals surface area contributed by atoms with Gasteiger partial charge in [0.05, 0.1) is 25.9 Å². The summed E-state index contributed by atoms with van der Waals surface area (Å²) in [6, 6.07) is 16.5. The van der Waals surface area contributed by atoms with Gasteiger partial charge in [0, 0.05) is 24.9 Å². The van der Waals surface area contributed by atoms with Gasteiger partial charge in [-0.25, -0.2) is 0 Å². The molecule has 4 aromatic rings. The number of carbonyl (C=O) groups excluding carboxylic acids is 1. The maximum atomic E-state index is 14.0. The van der Waals surface area contributed by atoms with Crippen molar-refractivity contribution in [3.05, 3.63) is 88.8 Å². The van der Waals surface area contributed by atoms with Crippen molar-refractivity contribution in [2.45, 2.75) is 45.2 Å². The Hall–Kier alpha value is -4.58. The van der Waals surface area contributed by atoms with E-state index in [0.717, 1.165) is 30.2 Å². The van der Waals surface area contributed by atoms with Gasteiger partial charge in [0.1, 0.15) is 30.0 Å². The lowest BCUT2D eigenvalue weighted by atomic mass is 10.0. The molecule has 1 aliphatic rings. The van der Waals surface area contributed by atoms with Gasteiger partial charge in [-0.2, -0.15) is 18.2 Å². The molecule has 1 aromatic heterocycles. The lowest BCUT2D eigenvalue weighted by Gasteiger charge is -2.23. The Morgan fingerprint density at radius 1 is 1.00 bits per heavy atom. The summed E-state index contributed by atoms with van der Waals surface area (Å²) >= 11 is 0. The summed E-state index contributed by atoms with van der Waals surface area (Å²) in [5, 5.41) is 6.42. The van der Waals surface area contributed by atoms with Gasteiger partial charge >= 0.3 is 18.0 Å². The molecule has 9 nitrogen and oxygen atoms in total. The highest BCUT2D eigenvalue weighted by Gasteiger charge is 2.36. The number of nitrogens with zero attached hydrogens (tertiary/aromatic N) is 2. The maximum absolute atomic E-state index is 14.0. The largest absolute Gasteiger partial charge is 0.497 e. The topological polar surface area (TPSA) is 105 Å². The van der Waals surface area contributed by atoms with Crippen LogP contribution in [0.1, 0.15) is 45.8 Å². The fourth-order valence-electron chi connectivity index (χ4n) is 4.55. The number of methoxy groups -OCH3 is 1. The van der Waals surface area contributed by atoms with Crippen LogP contribution < -0.4 is 19.5 Å². The van der Waals surface area contributed by atoms with Gasteiger partial charge in [-0.1, -0.05) is 29.4 Å². The zero-order valence-corrected chi connectivity index (χ0v) is 23.6. The van der Waals surface area contributed by atoms with Gasteiger partial charge in [-0.15, -0.1) is 0 Å². The van der Waals surface area contributed by atoms with Gasteiger partial charge in [0.2, 0.25) is 5.82 Å². The number of ether oxygens (including phenoxy) is 4. The van der Waals surface area contributed by atoms with Crippen molar-refractivity contribution in [1.82, 2.24) is 15.5 Å². The number of carbonyl (C=O) groups is 1. The molecule has 3 aromatic carbocycles. The molecule has 0 atom stereocenters. The number of aromatic nitrogens is 2. The summed E-state index contributed by atoms with van der Waals surface area (Å²) in [5.74, 6) is -0.144. The van der Waals surface area contributed by atoms with Crippen LogP contribution >= 0.6 is 0 Å². The third-order valence-electron chi connectivity index (χ3n) is 6.85. The maximum Gasteiger partial charge on any atom is 0.419 e. The van der Waals surface area contributed by atoms with Crippen LogP contribution in [0.5, 0.6) is 17.2 Å². The summed E-state index contributed by atoms with van der Waals surface area (Å²) in [7, 11) is 1.52. The van der Waals surface area contributed by atoms with Gasteiger partial charge in [-0.3, -0.25) is 4.79 Å². The van der Waals surface area contributed by atoms with Gasteiger partial charge in [0.25, 0.3) is 0 Å². The van der Waals surface area contributed by atoms with E-state index < -0.39 is 17.6 Å². The van der Waals surface area contributed by atoms with E-state index >= 15 is 0 Å². The molecule has 1 fully saturated rings. The molecule has 0 spiro atoms. The molecular formula is C31H30F3N3O6. The normalized spacial score (nSPS) is 13.9. The van der Waals surface area contributed by atoms with Crippen molar-refractivity contribution >= 4 is 5.91 Å². The average molecular weight is 598 g/mol. The second-order valence-electron chi connectivity index (χ2n) is 9.98. The lowest BCUT2D eigenvalue weighted by Crippen LogP contribution is -2.26. The van der Waals surface area contributed by atoms with Crippen LogP contribution in [0.25, 0.3) is 11.4 Å². The minimum absolute atomic E-state index is 0.0320. The van der Waals surface area contributed by atoms with Crippen molar-refractivity contribution in [2.75, 3.05) is 20.3 Å². The van der Waals surface area contributed by atoms with E-state index in [0.29, 0.717) is 24.5 Å². The van der Waals surface area contributed by atoms with Gasteiger partial charge < -0.3 is 28.8 Å². The van der Waals surface area contributed by atoms with Crippen molar-refractivity contribution in [1.29, 1.82) is 0 Å². The quantitative estimate of drug-likeness (QED) is 0.233. The van der Waals surface area contributed by atoms with Crippen LogP contribution in [-0.4, -0.2) is 42.5 Å². The molecule has 2 heterocycles. The minimum atomic E-state index is -4.72. The van der Waals surface area contributed by atoms with Crippen LogP contribution in [0.2, 0.25) is 0 Å². The fourth-order valence-corrected chi connectivity index (χ4v) is 4.55. The molecule has 0 radical (unpaired) electrons. The second kappa shape index (κ2) is 13.2. The molecule has 12 heteroatoms. The van der Waals surface area contributed by atoms with E-state index in [1.807, 2.05) is 24.3 Å². The molecule has 1 amide bonds. The van der Waals surface area contributed by atoms with Crippen LogP contribution in [0.3, 0.4) is 0 Å². The number of rotatable bonds is 10. The Balaban J connectivity index is 1.23. The van der Waals surface area contributed by atoms with Crippen molar-refractivity contribution in [2.24, 2.45) is 0 Å². The molecular weight excluding hydrogens is 567 g/mol. The van der Waals surface area contributed by atoms with Crippen LogP contribution in [0, 0.1) is 6.92 Å². The molecule has 1 saturated heterocycles. The van der Waals surface area contributed by atoms with Crippen LogP contribution in [0.15, 0.2) is 65.2 Å². The third-order valence-corrected chi connectivity index (χ3v) is 6.85. The predicted octanol–water partition coefficient (Wildman–Crippen LogP) is 6.14. The lowest BCUT2D eigenvalue weighted by molar-refractivity contribution is -0.139. The first-order chi connectivity index (χ1) is 20.7.